The van der Waals surface area contributed by atoms with Crippen LogP contribution in [0.3, 0.4) is 0 Å². The number of rotatable bonds is 1. The number of hydrogen-bond acceptors (Lipinski definition) is 3. The molecule has 0 spiro atoms. The zero-order valence-electron chi connectivity index (χ0n) is 7.57. The number of anilines is 1. The van der Waals surface area contributed by atoms with Crippen LogP contribution in [0.1, 0.15) is 5.56 Å². The molecule has 0 saturated heterocycles. The fraction of sp³-hybridized carbons (Fsp3) is 0.111. The maximum absolute atomic E-state index is 10.9. The molecule has 1 rings (SSSR count). The first kappa shape index (κ1) is 10.2. The maximum atomic E-state index is 10.9. The van der Waals surface area contributed by atoms with Crippen LogP contribution in [0.25, 0.3) is 0 Å². The van der Waals surface area contributed by atoms with E-state index in [1.807, 2.05) is 6.92 Å². The highest BCUT2D eigenvalue weighted by atomic mass is 16.5. The van der Waals surface area contributed by atoms with Gasteiger partial charge in [0.25, 0.3) is 0 Å². The summed E-state index contributed by atoms with van der Waals surface area (Å²) in [6.45, 7) is 1.91. The molecule has 0 aliphatic carbocycles. The summed E-state index contributed by atoms with van der Waals surface area (Å²) in [6.07, 6.45) is 0. The van der Waals surface area contributed by atoms with E-state index < -0.39 is 11.8 Å². The van der Waals surface area contributed by atoms with Crippen LogP contribution in [-0.2, 0) is 9.59 Å². The fourth-order valence-electron chi connectivity index (χ4n) is 0.876. The van der Waals surface area contributed by atoms with Gasteiger partial charge in [-0.2, -0.15) is 0 Å². The zero-order valence-corrected chi connectivity index (χ0v) is 7.57. The Morgan fingerprint density at radius 2 is 1.71 bits per heavy atom. The second-order valence-electron chi connectivity index (χ2n) is 2.76. The van der Waals surface area contributed by atoms with E-state index in [0.29, 0.717) is 5.69 Å². The molecule has 0 bridgehead atoms. The topological polar surface area (TPSA) is 78.4 Å². The second kappa shape index (κ2) is 4.38. The van der Waals surface area contributed by atoms with E-state index in [-0.39, 0.29) is 0 Å². The van der Waals surface area contributed by atoms with Crippen molar-refractivity contribution in [3.8, 4) is 0 Å². The van der Waals surface area contributed by atoms with Crippen molar-refractivity contribution in [3.05, 3.63) is 29.8 Å². The minimum atomic E-state index is -1.09. The van der Waals surface area contributed by atoms with E-state index in [4.69, 9.17) is 5.21 Å². The van der Waals surface area contributed by atoms with Crippen molar-refractivity contribution in [2.24, 2.45) is 0 Å². The summed E-state index contributed by atoms with van der Waals surface area (Å²) in [6, 6.07) is 6.93. The minimum absolute atomic E-state index is 0.504. The summed E-state index contributed by atoms with van der Waals surface area (Å²) in [5.74, 6) is -2.00. The summed E-state index contributed by atoms with van der Waals surface area (Å²) in [5.41, 5.74) is 2.80. The standard InChI is InChI=1S/C9H10N2O3/c1-6-2-4-7(5-3-6)10-8(12)9(13)11-14/h2-5,14H,1H3,(H,10,12)(H,11,13). The molecule has 0 atom stereocenters. The molecule has 0 heterocycles. The zero-order chi connectivity index (χ0) is 10.6. The molecule has 0 aliphatic heterocycles. The van der Waals surface area contributed by atoms with Crippen LogP contribution in [0.2, 0.25) is 0 Å². The van der Waals surface area contributed by atoms with Crippen LogP contribution in [0.5, 0.6) is 0 Å². The van der Waals surface area contributed by atoms with Gasteiger partial charge in [-0.1, -0.05) is 17.7 Å². The van der Waals surface area contributed by atoms with E-state index in [1.54, 1.807) is 24.3 Å². The molecule has 0 aromatic heterocycles. The molecule has 0 saturated carbocycles. The largest absolute Gasteiger partial charge is 0.332 e. The monoisotopic (exact) mass is 194 g/mol. The third kappa shape index (κ3) is 2.56. The second-order valence-corrected chi connectivity index (χ2v) is 2.76. The SMILES string of the molecule is Cc1ccc(NC(=O)C(=O)NO)cc1. The first-order valence-corrected chi connectivity index (χ1v) is 3.95. The number of amides is 2. The number of aryl methyl sites for hydroxylation is 1. The molecular formula is C9H10N2O3. The Balaban J connectivity index is 2.65. The van der Waals surface area contributed by atoms with Crippen LogP contribution < -0.4 is 10.8 Å². The fourth-order valence-corrected chi connectivity index (χ4v) is 0.876. The highest BCUT2D eigenvalue weighted by Gasteiger charge is 2.11. The van der Waals surface area contributed by atoms with Crippen LogP contribution in [-0.4, -0.2) is 17.0 Å². The number of benzene rings is 1. The summed E-state index contributed by atoms with van der Waals surface area (Å²) < 4.78 is 0. The number of hydrogen-bond donors (Lipinski definition) is 3. The quantitative estimate of drug-likeness (QED) is 0.345. The predicted molar refractivity (Wildman–Crippen MR) is 49.7 cm³/mol. The molecule has 0 aliphatic rings. The molecule has 5 nitrogen and oxygen atoms in total. The van der Waals surface area contributed by atoms with Crippen molar-refractivity contribution < 1.29 is 14.8 Å². The van der Waals surface area contributed by atoms with Gasteiger partial charge in [-0.25, -0.2) is 5.48 Å². The number of carbonyl (C=O) groups is 2. The third-order valence-corrected chi connectivity index (χ3v) is 1.62. The van der Waals surface area contributed by atoms with Crippen LogP contribution >= 0.6 is 0 Å². The van der Waals surface area contributed by atoms with Crippen molar-refractivity contribution in [2.45, 2.75) is 6.92 Å². The molecule has 0 radical (unpaired) electrons. The van der Waals surface area contributed by atoms with E-state index in [2.05, 4.69) is 5.32 Å². The molecule has 0 fully saturated rings. The van der Waals surface area contributed by atoms with Gasteiger partial charge in [-0.15, -0.1) is 0 Å². The average molecular weight is 194 g/mol. The van der Waals surface area contributed by atoms with E-state index >= 15 is 0 Å². The average Bonchev–Trinajstić information content (AvgIpc) is 2.20. The van der Waals surface area contributed by atoms with Gasteiger partial charge in [0.1, 0.15) is 0 Å². The molecule has 1 aromatic rings. The summed E-state index contributed by atoms with van der Waals surface area (Å²) in [4.78, 5) is 21.6. The molecule has 1 aromatic carbocycles. The van der Waals surface area contributed by atoms with Gasteiger partial charge in [0, 0.05) is 5.69 Å². The van der Waals surface area contributed by atoms with Gasteiger partial charge >= 0.3 is 11.8 Å². The number of carbonyl (C=O) groups excluding carboxylic acids is 2. The Morgan fingerprint density at radius 1 is 1.14 bits per heavy atom. The number of nitrogens with one attached hydrogen (secondary N) is 2. The van der Waals surface area contributed by atoms with Crippen LogP contribution in [0.4, 0.5) is 5.69 Å². The van der Waals surface area contributed by atoms with Crippen molar-refractivity contribution in [3.63, 3.8) is 0 Å². The Hall–Kier alpha value is -1.88. The molecule has 74 valence electrons. The molecule has 2 amide bonds. The highest BCUT2D eigenvalue weighted by molar-refractivity contribution is 6.39. The van der Waals surface area contributed by atoms with Gasteiger partial charge < -0.3 is 5.32 Å². The first-order chi connectivity index (χ1) is 6.63. The Labute approximate surface area is 80.7 Å². The van der Waals surface area contributed by atoms with Gasteiger partial charge in [0.15, 0.2) is 0 Å². The Morgan fingerprint density at radius 3 is 2.21 bits per heavy atom. The summed E-state index contributed by atoms with van der Waals surface area (Å²) in [7, 11) is 0. The molecule has 5 heteroatoms. The molecule has 14 heavy (non-hydrogen) atoms. The molecule has 0 unspecified atom stereocenters. The Bertz CT molecular complexity index is 346. The lowest BCUT2D eigenvalue weighted by Crippen LogP contribution is -2.33. The van der Waals surface area contributed by atoms with Crippen molar-refractivity contribution in [1.29, 1.82) is 0 Å². The first-order valence-electron chi connectivity index (χ1n) is 3.95. The van der Waals surface area contributed by atoms with Gasteiger partial charge in [-0.05, 0) is 19.1 Å². The third-order valence-electron chi connectivity index (χ3n) is 1.62. The Kier molecular flexibility index (Phi) is 3.19. The maximum Gasteiger partial charge on any atom is 0.332 e. The summed E-state index contributed by atoms with van der Waals surface area (Å²) in [5, 5.41) is 10.5. The number of hydroxylamine groups is 1. The minimum Gasteiger partial charge on any atom is -0.318 e. The lowest BCUT2D eigenvalue weighted by molar-refractivity contribution is -0.141. The normalized spacial score (nSPS) is 9.29. The van der Waals surface area contributed by atoms with Gasteiger partial charge in [0.05, 0.1) is 0 Å². The van der Waals surface area contributed by atoms with Gasteiger partial charge in [-0.3, -0.25) is 14.8 Å². The lowest BCUT2D eigenvalue weighted by Gasteiger charge is -2.03. The van der Waals surface area contributed by atoms with Crippen LogP contribution in [0, 0.1) is 6.92 Å². The highest BCUT2D eigenvalue weighted by Crippen LogP contribution is 2.07. The summed E-state index contributed by atoms with van der Waals surface area (Å²) >= 11 is 0. The van der Waals surface area contributed by atoms with Crippen molar-refractivity contribution >= 4 is 17.5 Å². The van der Waals surface area contributed by atoms with Crippen LogP contribution in [0.15, 0.2) is 24.3 Å². The van der Waals surface area contributed by atoms with E-state index in [0.717, 1.165) is 5.56 Å². The van der Waals surface area contributed by atoms with Gasteiger partial charge in [0.2, 0.25) is 0 Å². The molecular weight excluding hydrogens is 184 g/mol. The van der Waals surface area contributed by atoms with Crippen molar-refractivity contribution in [1.82, 2.24) is 5.48 Å². The smallest absolute Gasteiger partial charge is 0.318 e. The van der Waals surface area contributed by atoms with E-state index in [1.165, 1.54) is 5.48 Å². The van der Waals surface area contributed by atoms with E-state index in [9.17, 15) is 9.59 Å². The lowest BCUT2D eigenvalue weighted by atomic mass is 10.2. The van der Waals surface area contributed by atoms with Crippen molar-refractivity contribution in [2.75, 3.05) is 5.32 Å². The molecule has 3 N–H and O–H groups in total. The predicted octanol–water partition coefficient (Wildman–Crippen LogP) is 0.439.